The largest absolute Gasteiger partial charge is 0.493 e. The van der Waals surface area contributed by atoms with Crippen LogP contribution < -0.4 is 19.7 Å². The summed E-state index contributed by atoms with van der Waals surface area (Å²) in [5.41, 5.74) is 0.601. The lowest BCUT2D eigenvalue weighted by molar-refractivity contribution is -0.385. The molecule has 1 heterocycles. The second kappa shape index (κ2) is 9.90. The van der Waals surface area contributed by atoms with Crippen LogP contribution in [-0.2, 0) is 9.53 Å². The number of ether oxygens (including phenoxy) is 3. The van der Waals surface area contributed by atoms with Crippen LogP contribution in [0, 0.1) is 10.1 Å². The number of nitrogens with one attached hydrogen (secondary N) is 1. The Bertz CT molecular complexity index is 976. The molecule has 0 bridgehead atoms. The van der Waals surface area contributed by atoms with Crippen LogP contribution >= 0.6 is 0 Å². The molecule has 1 fully saturated rings. The number of methoxy groups -OCH3 is 2. The zero-order valence-corrected chi connectivity index (χ0v) is 17.3. The lowest BCUT2D eigenvalue weighted by Crippen LogP contribution is -2.23. The molecule has 0 atom stereocenters. The minimum Gasteiger partial charge on any atom is -0.493 e. The van der Waals surface area contributed by atoms with Crippen molar-refractivity contribution in [1.29, 1.82) is 0 Å². The predicted octanol–water partition coefficient (Wildman–Crippen LogP) is 3.01. The molecule has 10 heteroatoms. The lowest BCUT2D eigenvalue weighted by Gasteiger charge is -2.16. The van der Waals surface area contributed by atoms with Crippen molar-refractivity contribution in [3.63, 3.8) is 0 Å². The number of benzene rings is 2. The summed E-state index contributed by atoms with van der Waals surface area (Å²) >= 11 is 0. The van der Waals surface area contributed by atoms with E-state index in [-0.39, 0.29) is 36.2 Å². The summed E-state index contributed by atoms with van der Waals surface area (Å²) in [4.78, 5) is 37.2. The number of hydrogen-bond acceptors (Lipinski definition) is 7. The van der Waals surface area contributed by atoms with Crippen LogP contribution in [0.1, 0.15) is 23.2 Å². The van der Waals surface area contributed by atoms with Crippen molar-refractivity contribution in [2.45, 2.75) is 12.8 Å². The van der Waals surface area contributed by atoms with Crippen LogP contribution in [0.4, 0.5) is 17.1 Å². The maximum absolute atomic E-state index is 12.8. The molecule has 1 saturated heterocycles. The van der Waals surface area contributed by atoms with Crippen LogP contribution in [0.15, 0.2) is 36.4 Å². The summed E-state index contributed by atoms with van der Waals surface area (Å²) in [5, 5.41) is 14.2. The van der Waals surface area contributed by atoms with Gasteiger partial charge in [0.05, 0.1) is 24.7 Å². The summed E-state index contributed by atoms with van der Waals surface area (Å²) < 4.78 is 15.6. The molecule has 0 spiro atoms. The van der Waals surface area contributed by atoms with E-state index in [4.69, 9.17) is 14.2 Å². The van der Waals surface area contributed by atoms with Gasteiger partial charge >= 0.3 is 0 Å². The Morgan fingerprint density at radius 3 is 2.48 bits per heavy atom. The highest BCUT2D eigenvalue weighted by atomic mass is 16.6. The SMILES string of the molecule is COCCOc1cc([N+](=O)[O-])c(C(=O)Nc2ccc(N3CCCC3=O)cc2)cc1OC. The highest BCUT2D eigenvalue weighted by molar-refractivity contribution is 6.07. The maximum atomic E-state index is 12.8. The number of hydrogen-bond donors (Lipinski definition) is 1. The zero-order valence-electron chi connectivity index (χ0n) is 17.3. The van der Waals surface area contributed by atoms with E-state index in [1.165, 1.54) is 20.3 Å². The Labute approximate surface area is 178 Å². The van der Waals surface area contributed by atoms with E-state index < -0.39 is 16.5 Å². The molecule has 0 aromatic heterocycles. The smallest absolute Gasteiger partial charge is 0.286 e. The Morgan fingerprint density at radius 1 is 1.16 bits per heavy atom. The Morgan fingerprint density at radius 2 is 1.90 bits per heavy atom. The predicted molar refractivity (Wildman–Crippen MR) is 113 cm³/mol. The molecule has 2 amide bonds. The van der Waals surface area contributed by atoms with E-state index in [0.717, 1.165) is 18.2 Å². The molecule has 10 nitrogen and oxygen atoms in total. The third-order valence-electron chi connectivity index (χ3n) is 4.78. The maximum Gasteiger partial charge on any atom is 0.286 e. The Kier molecular flexibility index (Phi) is 7.03. The number of carbonyl (C=O) groups excluding carboxylic acids is 2. The van der Waals surface area contributed by atoms with Gasteiger partial charge in [0, 0.05) is 37.5 Å². The zero-order chi connectivity index (χ0) is 22.4. The number of nitro groups is 1. The number of amides is 2. The number of nitrogens with zero attached hydrogens (tertiary/aromatic N) is 2. The van der Waals surface area contributed by atoms with Crippen LogP contribution in [0.5, 0.6) is 11.5 Å². The highest BCUT2D eigenvalue weighted by Gasteiger charge is 2.25. The van der Waals surface area contributed by atoms with Crippen molar-refractivity contribution < 1.29 is 28.7 Å². The average Bonchev–Trinajstić information content (AvgIpc) is 3.19. The summed E-state index contributed by atoms with van der Waals surface area (Å²) in [7, 11) is 2.89. The van der Waals surface area contributed by atoms with E-state index in [2.05, 4.69) is 5.32 Å². The topological polar surface area (TPSA) is 120 Å². The van der Waals surface area contributed by atoms with Crippen molar-refractivity contribution >= 4 is 28.9 Å². The first-order valence-electron chi connectivity index (χ1n) is 9.64. The third kappa shape index (κ3) is 5.10. The van der Waals surface area contributed by atoms with Gasteiger partial charge in [-0.2, -0.15) is 0 Å². The summed E-state index contributed by atoms with van der Waals surface area (Å²) in [6.45, 7) is 1.12. The average molecular weight is 429 g/mol. The first-order valence-corrected chi connectivity index (χ1v) is 9.64. The van der Waals surface area contributed by atoms with Gasteiger partial charge < -0.3 is 24.4 Å². The molecule has 0 saturated carbocycles. The number of carbonyl (C=O) groups is 2. The Balaban J connectivity index is 1.81. The highest BCUT2D eigenvalue weighted by Crippen LogP contribution is 2.35. The Hall–Kier alpha value is -3.66. The third-order valence-corrected chi connectivity index (χ3v) is 4.78. The molecule has 1 N–H and O–H groups in total. The van der Waals surface area contributed by atoms with Gasteiger partial charge in [0.2, 0.25) is 5.91 Å². The van der Waals surface area contributed by atoms with Gasteiger partial charge in [-0.15, -0.1) is 0 Å². The van der Waals surface area contributed by atoms with E-state index in [9.17, 15) is 19.7 Å². The van der Waals surface area contributed by atoms with E-state index in [1.54, 1.807) is 29.2 Å². The molecule has 1 aliphatic heterocycles. The van der Waals surface area contributed by atoms with Gasteiger partial charge in [-0.05, 0) is 30.7 Å². The molecular formula is C21H23N3O7. The second-order valence-corrected chi connectivity index (χ2v) is 6.77. The fourth-order valence-electron chi connectivity index (χ4n) is 3.23. The summed E-state index contributed by atoms with van der Waals surface area (Å²) in [6, 6.07) is 9.16. The molecular weight excluding hydrogens is 406 g/mol. The van der Waals surface area contributed by atoms with Crippen LogP contribution in [0.3, 0.4) is 0 Å². The van der Waals surface area contributed by atoms with Crippen molar-refractivity contribution in [1.82, 2.24) is 0 Å². The van der Waals surface area contributed by atoms with Crippen molar-refractivity contribution in [2.24, 2.45) is 0 Å². The number of nitro benzene ring substituents is 1. The van der Waals surface area contributed by atoms with Crippen LogP contribution in [-0.4, -0.2) is 50.7 Å². The van der Waals surface area contributed by atoms with Crippen molar-refractivity contribution in [3.8, 4) is 11.5 Å². The van der Waals surface area contributed by atoms with Gasteiger partial charge in [0.15, 0.2) is 11.5 Å². The first kappa shape index (κ1) is 22.0. The molecule has 0 aliphatic carbocycles. The van der Waals surface area contributed by atoms with Gasteiger partial charge in [-0.1, -0.05) is 0 Å². The van der Waals surface area contributed by atoms with Gasteiger partial charge in [-0.25, -0.2) is 0 Å². The summed E-state index contributed by atoms with van der Waals surface area (Å²) in [5.74, 6) is -0.275. The van der Waals surface area contributed by atoms with Crippen LogP contribution in [0.2, 0.25) is 0 Å². The number of anilines is 2. The molecule has 2 aromatic carbocycles. The summed E-state index contributed by atoms with van der Waals surface area (Å²) in [6.07, 6.45) is 1.34. The monoisotopic (exact) mass is 429 g/mol. The van der Waals surface area contributed by atoms with Gasteiger partial charge in [0.25, 0.3) is 11.6 Å². The van der Waals surface area contributed by atoms with Crippen molar-refractivity contribution in [3.05, 3.63) is 52.1 Å². The minimum absolute atomic E-state index is 0.0623. The van der Waals surface area contributed by atoms with E-state index >= 15 is 0 Å². The molecule has 0 unspecified atom stereocenters. The standard InChI is InChI=1S/C21H23N3O7/c1-29-10-11-31-19-13-17(24(27)28)16(12-18(19)30-2)21(26)22-14-5-7-15(8-6-14)23-9-3-4-20(23)25/h5-8,12-13H,3-4,9-11H2,1-2H3,(H,22,26). The molecule has 31 heavy (non-hydrogen) atoms. The van der Waals surface area contributed by atoms with Gasteiger partial charge in [-0.3, -0.25) is 19.7 Å². The lowest BCUT2D eigenvalue weighted by atomic mass is 10.1. The van der Waals surface area contributed by atoms with E-state index in [0.29, 0.717) is 18.7 Å². The fourth-order valence-corrected chi connectivity index (χ4v) is 3.23. The second-order valence-electron chi connectivity index (χ2n) is 6.77. The van der Waals surface area contributed by atoms with E-state index in [1.807, 2.05) is 0 Å². The number of rotatable bonds is 9. The molecule has 1 aliphatic rings. The molecule has 2 aromatic rings. The van der Waals surface area contributed by atoms with Gasteiger partial charge in [0.1, 0.15) is 12.2 Å². The first-order chi connectivity index (χ1) is 14.9. The van der Waals surface area contributed by atoms with Crippen molar-refractivity contribution in [2.75, 3.05) is 44.2 Å². The molecule has 3 rings (SSSR count). The minimum atomic E-state index is -0.668. The van der Waals surface area contributed by atoms with Crippen LogP contribution in [0.25, 0.3) is 0 Å². The fraction of sp³-hybridized carbons (Fsp3) is 0.333. The molecule has 0 radical (unpaired) electrons. The quantitative estimate of drug-likeness (QED) is 0.369. The molecule has 164 valence electrons. The normalized spacial score (nSPS) is 13.2.